The molecule has 1 aliphatic rings. The Morgan fingerprint density at radius 3 is 3.04 bits per heavy atom. The van der Waals surface area contributed by atoms with Crippen LogP contribution in [0.2, 0.25) is 0 Å². The van der Waals surface area contributed by atoms with Crippen LogP contribution in [0.3, 0.4) is 0 Å². The molecule has 1 aromatic heterocycles. The van der Waals surface area contributed by atoms with Crippen molar-refractivity contribution >= 4 is 17.5 Å². The molecular weight excluding hydrogens is 333 g/mol. The van der Waals surface area contributed by atoms with Crippen molar-refractivity contribution in [2.75, 3.05) is 13.1 Å². The van der Waals surface area contributed by atoms with E-state index < -0.39 is 5.38 Å². The van der Waals surface area contributed by atoms with E-state index in [1.54, 1.807) is 30.0 Å². The number of carbonyl (C=O) groups excluding carboxylic acids is 1. The molecule has 1 aromatic carbocycles. The number of amides is 1. The number of aromatic nitrogens is 2. The predicted molar refractivity (Wildman–Crippen MR) is 88.0 cm³/mol. The lowest BCUT2D eigenvalue weighted by molar-refractivity contribution is -0.132. The summed E-state index contributed by atoms with van der Waals surface area (Å²) in [7, 11) is 0. The summed E-state index contributed by atoms with van der Waals surface area (Å²) in [6, 6.07) is 6.33. The van der Waals surface area contributed by atoms with Gasteiger partial charge in [-0.15, -0.1) is 11.6 Å². The fourth-order valence-electron chi connectivity index (χ4n) is 3.02. The van der Waals surface area contributed by atoms with E-state index in [9.17, 15) is 9.18 Å². The Bertz CT molecular complexity index is 719. The molecule has 5 nitrogen and oxygen atoms in total. The largest absolute Gasteiger partial charge is 0.341 e. The predicted octanol–water partition coefficient (Wildman–Crippen LogP) is 3.28. The number of benzene rings is 1. The molecule has 2 atom stereocenters. The van der Waals surface area contributed by atoms with Crippen LogP contribution >= 0.6 is 11.6 Å². The highest BCUT2D eigenvalue weighted by Crippen LogP contribution is 2.24. The van der Waals surface area contributed by atoms with Crippen molar-refractivity contribution in [3.05, 3.63) is 36.0 Å². The number of hydrogen-bond donors (Lipinski definition) is 0. The van der Waals surface area contributed by atoms with E-state index in [0.29, 0.717) is 24.4 Å². The van der Waals surface area contributed by atoms with Gasteiger partial charge in [-0.25, -0.2) is 4.39 Å². The molecule has 0 spiro atoms. The van der Waals surface area contributed by atoms with E-state index in [1.165, 1.54) is 6.07 Å². The Hall–Kier alpha value is -1.95. The molecule has 0 radical (unpaired) electrons. The second kappa shape index (κ2) is 7.30. The summed E-state index contributed by atoms with van der Waals surface area (Å²) in [6.07, 6.45) is 2.48. The minimum atomic E-state index is -0.514. The summed E-state index contributed by atoms with van der Waals surface area (Å²) in [5.74, 6) is 0.536. The molecule has 0 N–H and O–H groups in total. The van der Waals surface area contributed by atoms with Gasteiger partial charge in [-0.1, -0.05) is 17.3 Å². The molecule has 1 fully saturated rings. The second-order valence-corrected chi connectivity index (χ2v) is 6.76. The molecule has 1 saturated heterocycles. The number of rotatable bonds is 4. The van der Waals surface area contributed by atoms with Crippen LogP contribution in [-0.2, 0) is 11.2 Å². The third-order valence-corrected chi connectivity index (χ3v) is 4.40. The van der Waals surface area contributed by atoms with Crippen LogP contribution in [0.4, 0.5) is 4.39 Å². The summed E-state index contributed by atoms with van der Waals surface area (Å²) in [5.41, 5.74) is 0.323. The Morgan fingerprint density at radius 2 is 2.29 bits per heavy atom. The zero-order chi connectivity index (χ0) is 17.1. The molecule has 0 saturated carbocycles. The average molecular weight is 352 g/mol. The molecular formula is C17H19ClFN3O2. The summed E-state index contributed by atoms with van der Waals surface area (Å²) in [4.78, 5) is 18.1. The molecule has 1 amide bonds. The first-order valence-corrected chi connectivity index (χ1v) is 8.48. The SMILES string of the molecule is CC(Cl)C(=O)N1CCCC(Cc2nc(-c3ccccc3F)no2)C1. The molecule has 0 aliphatic carbocycles. The normalized spacial score (nSPS) is 19.3. The lowest BCUT2D eigenvalue weighted by Gasteiger charge is -2.32. The van der Waals surface area contributed by atoms with Crippen LogP contribution in [0.25, 0.3) is 11.4 Å². The van der Waals surface area contributed by atoms with E-state index in [2.05, 4.69) is 10.1 Å². The monoisotopic (exact) mass is 351 g/mol. The zero-order valence-electron chi connectivity index (χ0n) is 13.4. The topological polar surface area (TPSA) is 59.2 Å². The highest BCUT2D eigenvalue weighted by Gasteiger charge is 2.27. The van der Waals surface area contributed by atoms with Gasteiger partial charge in [0.25, 0.3) is 0 Å². The summed E-state index contributed by atoms with van der Waals surface area (Å²) in [5, 5.41) is 3.35. The fourth-order valence-corrected chi connectivity index (χ4v) is 3.16. The van der Waals surface area contributed by atoms with Gasteiger partial charge in [0.1, 0.15) is 11.2 Å². The maximum Gasteiger partial charge on any atom is 0.240 e. The van der Waals surface area contributed by atoms with Crippen molar-refractivity contribution in [2.45, 2.75) is 31.6 Å². The van der Waals surface area contributed by atoms with Crippen LogP contribution in [-0.4, -0.2) is 39.4 Å². The van der Waals surface area contributed by atoms with Gasteiger partial charge < -0.3 is 9.42 Å². The van der Waals surface area contributed by atoms with Gasteiger partial charge in [-0.2, -0.15) is 4.98 Å². The van der Waals surface area contributed by atoms with E-state index in [-0.39, 0.29) is 23.5 Å². The quantitative estimate of drug-likeness (QED) is 0.793. The Morgan fingerprint density at radius 1 is 1.50 bits per heavy atom. The minimum absolute atomic E-state index is 0.0426. The number of hydrogen-bond acceptors (Lipinski definition) is 4. The van der Waals surface area contributed by atoms with Crippen molar-refractivity contribution in [2.24, 2.45) is 5.92 Å². The molecule has 1 aliphatic heterocycles. The maximum atomic E-state index is 13.8. The van der Waals surface area contributed by atoms with Crippen molar-refractivity contribution in [3.8, 4) is 11.4 Å². The van der Waals surface area contributed by atoms with E-state index in [0.717, 1.165) is 19.4 Å². The molecule has 24 heavy (non-hydrogen) atoms. The Labute approximate surface area is 144 Å². The van der Waals surface area contributed by atoms with Gasteiger partial charge in [0.05, 0.1) is 5.56 Å². The zero-order valence-corrected chi connectivity index (χ0v) is 14.2. The smallest absolute Gasteiger partial charge is 0.240 e. The molecule has 2 unspecified atom stereocenters. The summed E-state index contributed by atoms with van der Waals surface area (Å²) in [6.45, 7) is 3.05. The van der Waals surface area contributed by atoms with Crippen LogP contribution in [0, 0.1) is 11.7 Å². The number of alkyl halides is 1. The van der Waals surface area contributed by atoms with Gasteiger partial charge in [-0.3, -0.25) is 4.79 Å². The first-order chi connectivity index (χ1) is 11.5. The van der Waals surface area contributed by atoms with Crippen molar-refractivity contribution in [1.29, 1.82) is 0 Å². The van der Waals surface area contributed by atoms with Gasteiger partial charge in [-0.05, 0) is 37.8 Å². The van der Waals surface area contributed by atoms with Crippen molar-refractivity contribution < 1.29 is 13.7 Å². The number of piperidine rings is 1. The lowest BCUT2D eigenvalue weighted by Crippen LogP contribution is -2.43. The number of carbonyl (C=O) groups is 1. The maximum absolute atomic E-state index is 13.8. The highest BCUT2D eigenvalue weighted by molar-refractivity contribution is 6.30. The standard InChI is InChI=1S/C17H19ClFN3O2/c1-11(18)17(23)22-8-4-5-12(10-22)9-15-20-16(21-24-15)13-6-2-3-7-14(13)19/h2-3,6-7,11-12H,4-5,8-10H2,1H3. The van der Waals surface area contributed by atoms with Crippen LogP contribution in [0.5, 0.6) is 0 Å². The third kappa shape index (κ3) is 3.75. The minimum Gasteiger partial charge on any atom is -0.341 e. The molecule has 7 heteroatoms. The number of likely N-dealkylation sites (tertiary alicyclic amines) is 1. The molecule has 2 aromatic rings. The first-order valence-electron chi connectivity index (χ1n) is 8.05. The molecule has 2 heterocycles. The molecule has 0 bridgehead atoms. The van der Waals surface area contributed by atoms with Gasteiger partial charge in [0.2, 0.25) is 17.6 Å². The van der Waals surface area contributed by atoms with Gasteiger partial charge in [0, 0.05) is 19.5 Å². The van der Waals surface area contributed by atoms with E-state index >= 15 is 0 Å². The number of nitrogens with zero attached hydrogens (tertiary/aromatic N) is 3. The Balaban J connectivity index is 1.67. The molecule has 3 rings (SSSR count). The van der Waals surface area contributed by atoms with Crippen LogP contribution < -0.4 is 0 Å². The summed E-state index contributed by atoms with van der Waals surface area (Å²) < 4.78 is 19.0. The van der Waals surface area contributed by atoms with E-state index in [1.807, 2.05) is 0 Å². The first kappa shape index (κ1) is 16.9. The third-order valence-electron chi connectivity index (χ3n) is 4.22. The average Bonchev–Trinajstić information content (AvgIpc) is 3.03. The highest BCUT2D eigenvalue weighted by atomic mass is 35.5. The fraction of sp³-hybridized carbons (Fsp3) is 0.471. The van der Waals surface area contributed by atoms with Crippen LogP contribution in [0.15, 0.2) is 28.8 Å². The van der Waals surface area contributed by atoms with Crippen LogP contribution in [0.1, 0.15) is 25.7 Å². The lowest BCUT2D eigenvalue weighted by atomic mass is 9.94. The second-order valence-electron chi connectivity index (χ2n) is 6.10. The van der Waals surface area contributed by atoms with Gasteiger partial charge >= 0.3 is 0 Å². The molecule has 128 valence electrons. The van der Waals surface area contributed by atoms with E-state index in [4.69, 9.17) is 16.1 Å². The Kier molecular flexibility index (Phi) is 5.14. The van der Waals surface area contributed by atoms with Gasteiger partial charge in [0.15, 0.2) is 0 Å². The summed E-state index contributed by atoms with van der Waals surface area (Å²) >= 11 is 5.89. The van der Waals surface area contributed by atoms with Crippen molar-refractivity contribution in [1.82, 2.24) is 15.0 Å². The number of halogens is 2. The van der Waals surface area contributed by atoms with Crippen molar-refractivity contribution in [3.63, 3.8) is 0 Å².